The van der Waals surface area contributed by atoms with E-state index in [1.54, 1.807) is 24.5 Å². The molecule has 0 spiro atoms. The Labute approximate surface area is 175 Å². The molecule has 3 aromatic heterocycles. The molecule has 4 heterocycles. The Bertz CT molecular complexity index is 1040. The maximum absolute atomic E-state index is 12.7. The molecule has 0 bridgehead atoms. The molecule has 8 nitrogen and oxygen atoms in total. The fourth-order valence-corrected chi connectivity index (χ4v) is 6.45. The predicted octanol–water partition coefficient (Wildman–Crippen LogP) is 2.95. The van der Waals surface area contributed by atoms with Crippen LogP contribution in [0.15, 0.2) is 56.8 Å². The second-order valence-electron chi connectivity index (χ2n) is 6.09. The van der Waals surface area contributed by atoms with Crippen LogP contribution in [0.3, 0.4) is 0 Å². The number of hydrogen-bond donors (Lipinski definition) is 1. The second-order valence-corrected chi connectivity index (χ2v) is 10.7. The quantitative estimate of drug-likeness (QED) is 0.599. The van der Waals surface area contributed by atoms with Crippen LogP contribution in [-0.4, -0.2) is 54.1 Å². The average molecular weight is 481 g/mol. The van der Waals surface area contributed by atoms with E-state index in [0.29, 0.717) is 36.2 Å². The molecule has 0 aromatic carbocycles. The summed E-state index contributed by atoms with van der Waals surface area (Å²) in [5, 5.41) is 11.6. The van der Waals surface area contributed by atoms with E-state index in [1.165, 1.54) is 15.6 Å². The number of hydrogen-bond acceptors (Lipinski definition) is 8. The van der Waals surface area contributed by atoms with Gasteiger partial charge in [0, 0.05) is 32.4 Å². The number of nitrogens with zero attached hydrogens (tertiary/aromatic N) is 5. The van der Waals surface area contributed by atoms with Gasteiger partial charge in [-0.25, -0.2) is 8.42 Å². The Morgan fingerprint density at radius 3 is 2.46 bits per heavy atom. The first-order valence-electron chi connectivity index (χ1n) is 8.53. The second kappa shape index (κ2) is 8.11. The van der Waals surface area contributed by atoms with Gasteiger partial charge in [0.25, 0.3) is 10.0 Å². The first kappa shape index (κ1) is 19.2. The van der Waals surface area contributed by atoms with Crippen LogP contribution in [0.5, 0.6) is 0 Å². The van der Waals surface area contributed by atoms with Gasteiger partial charge in [0.05, 0.1) is 15.7 Å². The minimum Gasteiger partial charge on any atom is -0.352 e. The van der Waals surface area contributed by atoms with E-state index < -0.39 is 10.0 Å². The highest BCUT2D eigenvalue weighted by Crippen LogP contribution is 2.29. The molecule has 0 atom stereocenters. The Morgan fingerprint density at radius 1 is 1.04 bits per heavy atom. The SMILES string of the molecule is O=S(=O)(c1ccc(Br)s1)N1CCN(c2ccc(Nc3cccnc3)nn2)CC1. The number of pyridine rings is 1. The zero-order valence-electron chi connectivity index (χ0n) is 14.7. The van der Waals surface area contributed by atoms with E-state index >= 15 is 0 Å². The Morgan fingerprint density at radius 2 is 1.86 bits per heavy atom. The molecule has 1 aliphatic rings. The van der Waals surface area contributed by atoms with Crippen molar-refractivity contribution in [3.05, 3.63) is 52.6 Å². The summed E-state index contributed by atoms with van der Waals surface area (Å²) in [6.07, 6.45) is 3.42. The summed E-state index contributed by atoms with van der Waals surface area (Å²) in [5.41, 5.74) is 0.837. The summed E-state index contributed by atoms with van der Waals surface area (Å²) in [5.74, 6) is 1.36. The van der Waals surface area contributed by atoms with Gasteiger partial charge in [-0.15, -0.1) is 21.5 Å². The molecular formula is C17H17BrN6O2S2. The Hall–Kier alpha value is -2.08. The van der Waals surface area contributed by atoms with Crippen LogP contribution in [0.2, 0.25) is 0 Å². The number of aromatic nitrogens is 3. The van der Waals surface area contributed by atoms with E-state index in [9.17, 15) is 8.42 Å². The number of anilines is 3. The van der Waals surface area contributed by atoms with Crippen molar-refractivity contribution >= 4 is 54.6 Å². The average Bonchev–Trinajstić information content (AvgIpc) is 3.17. The van der Waals surface area contributed by atoms with E-state index in [1.807, 2.05) is 29.2 Å². The lowest BCUT2D eigenvalue weighted by molar-refractivity contribution is 0.384. The first-order chi connectivity index (χ1) is 13.5. The van der Waals surface area contributed by atoms with Crippen LogP contribution in [0.4, 0.5) is 17.3 Å². The van der Waals surface area contributed by atoms with Crippen LogP contribution in [0.25, 0.3) is 0 Å². The fraction of sp³-hybridized carbons (Fsp3) is 0.235. The summed E-state index contributed by atoms with van der Waals surface area (Å²) in [6.45, 7) is 1.95. The summed E-state index contributed by atoms with van der Waals surface area (Å²) in [7, 11) is -3.44. The molecule has 1 N–H and O–H groups in total. The normalized spacial score (nSPS) is 15.5. The molecule has 1 fully saturated rings. The molecule has 146 valence electrons. The van der Waals surface area contributed by atoms with Crippen molar-refractivity contribution in [2.75, 3.05) is 36.4 Å². The minimum atomic E-state index is -3.44. The molecule has 1 aliphatic heterocycles. The highest BCUT2D eigenvalue weighted by molar-refractivity contribution is 9.11. The summed E-state index contributed by atoms with van der Waals surface area (Å²) >= 11 is 4.55. The molecule has 3 aromatic rings. The smallest absolute Gasteiger partial charge is 0.252 e. The van der Waals surface area contributed by atoms with Gasteiger partial charge in [-0.2, -0.15) is 4.31 Å². The van der Waals surface area contributed by atoms with Crippen LogP contribution in [0, 0.1) is 0 Å². The highest BCUT2D eigenvalue weighted by Gasteiger charge is 2.30. The van der Waals surface area contributed by atoms with Gasteiger partial charge in [-0.3, -0.25) is 4.98 Å². The van der Waals surface area contributed by atoms with E-state index in [4.69, 9.17) is 0 Å². The molecule has 0 amide bonds. The van der Waals surface area contributed by atoms with Crippen LogP contribution in [0.1, 0.15) is 0 Å². The van der Waals surface area contributed by atoms with Crippen LogP contribution >= 0.6 is 27.3 Å². The lowest BCUT2D eigenvalue weighted by Gasteiger charge is -2.34. The molecule has 0 radical (unpaired) electrons. The number of piperazine rings is 1. The van der Waals surface area contributed by atoms with E-state index in [0.717, 1.165) is 15.3 Å². The van der Waals surface area contributed by atoms with Crippen molar-refractivity contribution < 1.29 is 8.42 Å². The first-order valence-corrected chi connectivity index (χ1v) is 11.6. The maximum Gasteiger partial charge on any atom is 0.252 e. The molecule has 0 saturated carbocycles. The Kier molecular flexibility index (Phi) is 5.58. The molecule has 4 rings (SSSR count). The maximum atomic E-state index is 12.7. The third kappa shape index (κ3) is 4.17. The lowest BCUT2D eigenvalue weighted by Crippen LogP contribution is -2.48. The molecule has 11 heteroatoms. The van der Waals surface area contributed by atoms with Gasteiger partial charge >= 0.3 is 0 Å². The third-order valence-electron chi connectivity index (χ3n) is 4.29. The van der Waals surface area contributed by atoms with Gasteiger partial charge in [-0.05, 0) is 52.3 Å². The summed E-state index contributed by atoms with van der Waals surface area (Å²) in [6, 6.07) is 10.9. The zero-order valence-corrected chi connectivity index (χ0v) is 17.9. The standard InChI is InChI=1S/C17H17BrN6O2S2/c18-14-3-6-17(27-14)28(25,26)24-10-8-23(9-11-24)16-5-4-15(21-22-16)20-13-2-1-7-19-12-13/h1-7,12H,8-11H2,(H,20,21). The number of thiophene rings is 1. The van der Waals surface area contributed by atoms with Crippen molar-refractivity contribution in [2.24, 2.45) is 0 Å². The summed E-state index contributed by atoms with van der Waals surface area (Å²) in [4.78, 5) is 6.09. The lowest BCUT2D eigenvalue weighted by atomic mass is 10.3. The van der Waals surface area contributed by atoms with Crippen molar-refractivity contribution in [1.29, 1.82) is 0 Å². The molecule has 28 heavy (non-hydrogen) atoms. The largest absolute Gasteiger partial charge is 0.352 e. The fourth-order valence-electron chi connectivity index (χ4n) is 2.87. The Balaban J connectivity index is 1.38. The third-order valence-corrected chi connectivity index (χ3v) is 8.28. The summed E-state index contributed by atoms with van der Waals surface area (Å²) < 4.78 is 28.1. The van der Waals surface area contributed by atoms with Crippen molar-refractivity contribution in [3.63, 3.8) is 0 Å². The molecular weight excluding hydrogens is 464 g/mol. The van der Waals surface area contributed by atoms with Crippen molar-refractivity contribution in [3.8, 4) is 0 Å². The zero-order chi connectivity index (χ0) is 19.6. The monoisotopic (exact) mass is 480 g/mol. The van der Waals surface area contributed by atoms with Gasteiger partial charge in [0.1, 0.15) is 4.21 Å². The van der Waals surface area contributed by atoms with Crippen molar-refractivity contribution in [1.82, 2.24) is 19.5 Å². The molecule has 0 aliphatic carbocycles. The van der Waals surface area contributed by atoms with Crippen LogP contribution in [-0.2, 0) is 10.0 Å². The van der Waals surface area contributed by atoms with Gasteiger partial charge in [0.2, 0.25) is 0 Å². The molecule has 1 saturated heterocycles. The number of rotatable bonds is 5. The van der Waals surface area contributed by atoms with E-state index in [2.05, 4.69) is 36.4 Å². The van der Waals surface area contributed by atoms with Gasteiger partial charge in [-0.1, -0.05) is 0 Å². The topological polar surface area (TPSA) is 91.3 Å². The highest BCUT2D eigenvalue weighted by atomic mass is 79.9. The van der Waals surface area contributed by atoms with Crippen molar-refractivity contribution in [2.45, 2.75) is 4.21 Å². The van der Waals surface area contributed by atoms with Gasteiger partial charge < -0.3 is 10.2 Å². The van der Waals surface area contributed by atoms with E-state index in [-0.39, 0.29) is 0 Å². The van der Waals surface area contributed by atoms with Crippen LogP contribution < -0.4 is 10.2 Å². The molecule has 0 unspecified atom stereocenters. The number of nitrogens with one attached hydrogen (secondary N) is 1. The number of sulfonamides is 1. The minimum absolute atomic E-state index is 0.360. The number of halogens is 1. The predicted molar refractivity (Wildman–Crippen MR) is 113 cm³/mol. The van der Waals surface area contributed by atoms with Gasteiger partial charge in [0.15, 0.2) is 11.6 Å².